The first-order valence-corrected chi connectivity index (χ1v) is 5.69. The third kappa shape index (κ3) is 2.20. The standard InChI is InChI=1S/C13H18FN/c1-10(2)15-9-3-4-13(15)11-5-7-12(14)8-6-11/h5-8,10,13H,3-4,9H2,1-2H3/t13-/m1/s1. The molecule has 0 N–H and O–H groups in total. The molecular weight excluding hydrogens is 189 g/mol. The van der Waals surface area contributed by atoms with Crippen LogP contribution >= 0.6 is 0 Å². The van der Waals surface area contributed by atoms with Gasteiger partial charge >= 0.3 is 0 Å². The Bertz CT molecular complexity index is 318. The van der Waals surface area contributed by atoms with Gasteiger partial charge < -0.3 is 0 Å². The SMILES string of the molecule is CC(C)N1CCC[C@@H]1c1ccc(F)cc1. The van der Waals surface area contributed by atoms with Crippen molar-refractivity contribution in [1.29, 1.82) is 0 Å². The van der Waals surface area contributed by atoms with Crippen LogP contribution in [0.4, 0.5) is 4.39 Å². The molecule has 1 saturated heterocycles. The molecule has 1 aliphatic rings. The largest absolute Gasteiger partial charge is 0.294 e. The van der Waals surface area contributed by atoms with Crippen LogP contribution in [0.3, 0.4) is 0 Å². The molecule has 1 aromatic carbocycles. The molecule has 1 heterocycles. The van der Waals surface area contributed by atoms with Gasteiger partial charge in [0, 0.05) is 12.1 Å². The fourth-order valence-electron chi connectivity index (χ4n) is 2.45. The Hall–Kier alpha value is -0.890. The van der Waals surface area contributed by atoms with Crippen LogP contribution in [0.2, 0.25) is 0 Å². The second-order valence-corrected chi connectivity index (χ2v) is 4.54. The molecule has 0 saturated carbocycles. The predicted octanol–water partition coefficient (Wildman–Crippen LogP) is 3.37. The van der Waals surface area contributed by atoms with Gasteiger partial charge in [0.1, 0.15) is 5.82 Å². The molecule has 1 atom stereocenters. The number of likely N-dealkylation sites (tertiary alicyclic amines) is 1. The highest BCUT2D eigenvalue weighted by atomic mass is 19.1. The van der Waals surface area contributed by atoms with Crippen LogP contribution in [-0.4, -0.2) is 17.5 Å². The van der Waals surface area contributed by atoms with E-state index in [4.69, 9.17) is 0 Å². The summed E-state index contributed by atoms with van der Waals surface area (Å²) in [7, 11) is 0. The lowest BCUT2D eigenvalue weighted by atomic mass is 10.0. The Labute approximate surface area is 90.9 Å². The Morgan fingerprint density at radius 3 is 2.53 bits per heavy atom. The molecule has 0 amide bonds. The first-order valence-electron chi connectivity index (χ1n) is 5.69. The van der Waals surface area contributed by atoms with Gasteiger partial charge in [-0.15, -0.1) is 0 Å². The van der Waals surface area contributed by atoms with Crippen LogP contribution < -0.4 is 0 Å². The van der Waals surface area contributed by atoms with E-state index in [0.717, 1.165) is 0 Å². The molecule has 0 unspecified atom stereocenters. The first-order chi connectivity index (χ1) is 7.18. The lowest BCUT2D eigenvalue weighted by Gasteiger charge is -2.28. The first kappa shape index (κ1) is 10.6. The molecule has 0 aromatic heterocycles. The number of rotatable bonds is 2. The number of hydrogen-bond donors (Lipinski definition) is 0. The second-order valence-electron chi connectivity index (χ2n) is 4.54. The zero-order valence-corrected chi connectivity index (χ0v) is 9.41. The molecule has 0 spiro atoms. The van der Waals surface area contributed by atoms with Crippen LogP contribution in [0.15, 0.2) is 24.3 Å². The number of nitrogens with zero attached hydrogens (tertiary/aromatic N) is 1. The van der Waals surface area contributed by atoms with Crippen LogP contribution in [0.5, 0.6) is 0 Å². The summed E-state index contributed by atoms with van der Waals surface area (Å²) in [4.78, 5) is 2.49. The van der Waals surface area contributed by atoms with E-state index in [-0.39, 0.29) is 5.82 Å². The quantitative estimate of drug-likeness (QED) is 0.718. The third-order valence-corrected chi connectivity index (χ3v) is 3.21. The average molecular weight is 207 g/mol. The zero-order valence-electron chi connectivity index (χ0n) is 9.41. The predicted molar refractivity (Wildman–Crippen MR) is 60.2 cm³/mol. The summed E-state index contributed by atoms with van der Waals surface area (Å²) < 4.78 is 12.8. The zero-order chi connectivity index (χ0) is 10.8. The lowest BCUT2D eigenvalue weighted by molar-refractivity contribution is 0.205. The van der Waals surface area contributed by atoms with E-state index < -0.39 is 0 Å². The van der Waals surface area contributed by atoms with Gasteiger partial charge in [-0.2, -0.15) is 0 Å². The van der Waals surface area contributed by atoms with Crippen molar-refractivity contribution in [2.24, 2.45) is 0 Å². The van der Waals surface area contributed by atoms with Crippen molar-refractivity contribution in [1.82, 2.24) is 4.90 Å². The second kappa shape index (κ2) is 4.31. The minimum Gasteiger partial charge on any atom is -0.294 e. The Morgan fingerprint density at radius 1 is 1.27 bits per heavy atom. The number of halogens is 1. The van der Waals surface area contributed by atoms with Crippen molar-refractivity contribution >= 4 is 0 Å². The average Bonchev–Trinajstić information content (AvgIpc) is 2.67. The van der Waals surface area contributed by atoms with Crippen molar-refractivity contribution < 1.29 is 4.39 Å². The molecule has 1 nitrogen and oxygen atoms in total. The van der Waals surface area contributed by atoms with E-state index >= 15 is 0 Å². The van der Waals surface area contributed by atoms with Crippen LogP contribution in [0.25, 0.3) is 0 Å². The van der Waals surface area contributed by atoms with Gasteiger partial charge in [-0.05, 0) is 50.9 Å². The van der Waals surface area contributed by atoms with E-state index in [1.807, 2.05) is 12.1 Å². The van der Waals surface area contributed by atoms with Crippen molar-refractivity contribution in [3.63, 3.8) is 0 Å². The van der Waals surface area contributed by atoms with Gasteiger partial charge in [0.05, 0.1) is 0 Å². The molecule has 82 valence electrons. The molecule has 15 heavy (non-hydrogen) atoms. The highest BCUT2D eigenvalue weighted by Crippen LogP contribution is 2.33. The molecule has 0 bridgehead atoms. The van der Waals surface area contributed by atoms with Crippen molar-refractivity contribution in [3.8, 4) is 0 Å². The number of hydrogen-bond acceptors (Lipinski definition) is 1. The summed E-state index contributed by atoms with van der Waals surface area (Å²) in [6.45, 7) is 5.61. The minimum absolute atomic E-state index is 0.146. The highest BCUT2D eigenvalue weighted by Gasteiger charge is 2.27. The van der Waals surface area contributed by atoms with Gasteiger partial charge in [0.2, 0.25) is 0 Å². The molecule has 1 aromatic rings. The van der Waals surface area contributed by atoms with Crippen molar-refractivity contribution in [3.05, 3.63) is 35.6 Å². The Balaban J connectivity index is 2.19. The van der Waals surface area contributed by atoms with E-state index in [0.29, 0.717) is 12.1 Å². The maximum Gasteiger partial charge on any atom is 0.123 e. The lowest BCUT2D eigenvalue weighted by Crippen LogP contribution is -2.30. The summed E-state index contributed by atoms with van der Waals surface area (Å²) in [5.41, 5.74) is 1.25. The van der Waals surface area contributed by atoms with E-state index in [9.17, 15) is 4.39 Å². The van der Waals surface area contributed by atoms with Gasteiger partial charge in [0.25, 0.3) is 0 Å². The Kier molecular flexibility index (Phi) is 3.06. The van der Waals surface area contributed by atoms with E-state index in [1.54, 1.807) is 12.1 Å². The van der Waals surface area contributed by atoms with Gasteiger partial charge in [-0.25, -0.2) is 4.39 Å². The fourth-order valence-corrected chi connectivity index (χ4v) is 2.45. The highest BCUT2D eigenvalue weighted by molar-refractivity contribution is 5.21. The fraction of sp³-hybridized carbons (Fsp3) is 0.538. The summed E-state index contributed by atoms with van der Waals surface area (Å²) in [6.07, 6.45) is 2.45. The van der Waals surface area contributed by atoms with Crippen LogP contribution in [-0.2, 0) is 0 Å². The molecule has 1 fully saturated rings. The van der Waals surface area contributed by atoms with Crippen LogP contribution in [0.1, 0.15) is 38.3 Å². The van der Waals surface area contributed by atoms with Crippen LogP contribution in [0, 0.1) is 5.82 Å². The topological polar surface area (TPSA) is 3.24 Å². The van der Waals surface area contributed by atoms with Crippen molar-refractivity contribution in [2.45, 2.75) is 38.8 Å². The molecule has 1 aliphatic heterocycles. The van der Waals surface area contributed by atoms with E-state index in [2.05, 4.69) is 18.7 Å². The van der Waals surface area contributed by atoms with Gasteiger partial charge in [-0.3, -0.25) is 4.90 Å². The third-order valence-electron chi connectivity index (χ3n) is 3.21. The summed E-state index contributed by atoms with van der Waals surface area (Å²) in [5.74, 6) is -0.146. The normalized spacial score (nSPS) is 22.5. The maximum atomic E-state index is 12.8. The van der Waals surface area contributed by atoms with Gasteiger partial charge in [-0.1, -0.05) is 12.1 Å². The molecule has 0 radical (unpaired) electrons. The monoisotopic (exact) mass is 207 g/mol. The van der Waals surface area contributed by atoms with E-state index in [1.165, 1.54) is 24.9 Å². The Morgan fingerprint density at radius 2 is 1.93 bits per heavy atom. The summed E-state index contributed by atoms with van der Waals surface area (Å²) in [5, 5.41) is 0. The van der Waals surface area contributed by atoms with Crippen molar-refractivity contribution in [2.75, 3.05) is 6.54 Å². The van der Waals surface area contributed by atoms with Gasteiger partial charge in [0.15, 0.2) is 0 Å². The molecule has 2 rings (SSSR count). The molecule has 2 heteroatoms. The summed E-state index contributed by atoms with van der Waals surface area (Å²) >= 11 is 0. The number of benzene rings is 1. The minimum atomic E-state index is -0.146. The maximum absolute atomic E-state index is 12.8. The molecule has 0 aliphatic carbocycles. The molecular formula is C13H18FN. The summed E-state index contributed by atoms with van der Waals surface area (Å²) in [6, 6.07) is 8.02. The smallest absolute Gasteiger partial charge is 0.123 e.